The second-order valence-electron chi connectivity index (χ2n) is 2.75. The summed E-state index contributed by atoms with van der Waals surface area (Å²) in [6.07, 6.45) is -3.77. The Morgan fingerprint density at radius 3 is 2.25 bits per heavy atom. The van der Waals surface area contributed by atoms with Gasteiger partial charge >= 0.3 is 0 Å². The number of rotatable bonds is 2. The van der Waals surface area contributed by atoms with Gasteiger partial charge in [-0.2, -0.15) is 0 Å². The van der Waals surface area contributed by atoms with Crippen LogP contribution in [0.25, 0.3) is 0 Å². The third kappa shape index (κ3) is 1.44. The Bertz CT molecular complexity index is 166. The first kappa shape index (κ1) is 10.2. The van der Waals surface area contributed by atoms with Gasteiger partial charge in [-0.15, -0.1) is 11.6 Å². The summed E-state index contributed by atoms with van der Waals surface area (Å²) in [5, 5.41) is 36.4. The number of hydrogen-bond acceptors (Lipinski definition) is 5. The molecule has 1 fully saturated rings. The van der Waals surface area contributed by atoms with Crippen LogP contribution < -0.4 is 0 Å². The summed E-state index contributed by atoms with van der Waals surface area (Å²) in [5.41, 5.74) is 0. The highest BCUT2D eigenvalue weighted by atomic mass is 35.5. The average molecular weight is 199 g/mol. The molecular weight excluding hydrogens is 188 g/mol. The van der Waals surface area contributed by atoms with E-state index >= 15 is 0 Å². The van der Waals surface area contributed by atoms with Gasteiger partial charge in [-0.05, 0) is 0 Å². The third-order valence-electron chi connectivity index (χ3n) is 1.89. The summed E-state index contributed by atoms with van der Waals surface area (Å²) in [5.74, 6) is -2.31. The van der Waals surface area contributed by atoms with E-state index in [9.17, 15) is 15.3 Å². The van der Waals surface area contributed by atoms with E-state index in [1.807, 2.05) is 0 Å². The molecule has 1 aliphatic rings. The zero-order valence-corrected chi connectivity index (χ0v) is 6.98. The van der Waals surface area contributed by atoms with Crippen molar-refractivity contribution >= 4 is 11.6 Å². The molecular formula is C6H11ClO5. The smallest absolute Gasteiger partial charge is 0.209 e. The number of aliphatic hydroxyl groups is 4. The maximum absolute atomic E-state index is 9.37. The van der Waals surface area contributed by atoms with Crippen molar-refractivity contribution in [2.24, 2.45) is 0 Å². The van der Waals surface area contributed by atoms with Crippen LogP contribution in [0.15, 0.2) is 0 Å². The summed E-state index contributed by atoms with van der Waals surface area (Å²) < 4.78 is 4.75. The van der Waals surface area contributed by atoms with E-state index in [1.54, 1.807) is 0 Å². The monoisotopic (exact) mass is 198 g/mol. The molecule has 0 aliphatic carbocycles. The topological polar surface area (TPSA) is 90.2 Å². The molecule has 0 aromatic heterocycles. The van der Waals surface area contributed by atoms with Gasteiger partial charge in [0.15, 0.2) is 0 Å². The van der Waals surface area contributed by atoms with Crippen molar-refractivity contribution in [3.05, 3.63) is 0 Å². The summed E-state index contributed by atoms with van der Waals surface area (Å²) in [7, 11) is 0. The molecule has 4 atom stereocenters. The van der Waals surface area contributed by atoms with Gasteiger partial charge < -0.3 is 25.2 Å². The van der Waals surface area contributed by atoms with Gasteiger partial charge in [0.1, 0.15) is 18.3 Å². The number of hydrogen-bond donors (Lipinski definition) is 4. The molecule has 72 valence electrons. The minimum Gasteiger partial charge on any atom is -0.394 e. The molecule has 6 heteroatoms. The van der Waals surface area contributed by atoms with Crippen LogP contribution >= 0.6 is 11.6 Å². The lowest BCUT2D eigenvalue weighted by Crippen LogP contribution is -2.44. The lowest BCUT2D eigenvalue weighted by Gasteiger charge is -2.22. The van der Waals surface area contributed by atoms with Crippen molar-refractivity contribution in [3.8, 4) is 0 Å². The molecule has 0 amide bonds. The number of halogens is 1. The van der Waals surface area contributed by atoms with Gasteiger partial charge in [-0.3, -0.25) is 0 Å². The zero-order valence-electron chi connectivity index (χ0n) is 6.22. The van der Waals surface area contributed by atoms with Gasteiger partial charge in [0, 0.05) is 0 Å². The second-order valence-corrected chi connectivity index (χ2v) is 3.02. The van der Waals surface area contributed by atoms with Crippen LogP contribution in [0.2, 0.25) is 0 Å². The molecule has 12 heavy (non-hydrogen) atoms. The fourth-order valence-corrected chi connectivity index (χ4v) is 1.35. The van der Waals surface area contributed by atoms with E-state index in [2.05, 4.69) is 0 Å². The lowest BCUT2D eigenvalue weighted by molar-refractivity contribution is -0.214. The quantitative estimate of drug-likeness (QED) is 0.387. The van der Waals surface area contributed by atoms with E-state index in [1.165, 1.54) is 0 Å². The van der Waals surface area contributed by atoms with Crippen LogP contribution in [0.3, 0.4) is 0 Å². The lowest BCUT2D eigenvalue weighted by atomic mass is 10.1. The molecule has 0 saturated carbocycles. The fraction of sp³-hybridized carbons (Fsp3) is 1.00. The normalized spacial score (nSPS) is 48.2. The molecule has 0 aromatic carbocycles. The summed E-state index contributed by atoms with van der Waals surface area (Å²) >= 11 is 5.30. The molecule has 5 nitrogen and oxygen atoms in total. The minimum absolute atomic E-state index is 0.359. The largest absolute Gasteiger partial charge is 0.394 e. The van der Waals surface area contributed by atoms with Crippen molar-refractivity contribution in [2.45, 2.75) is 24.1 Å². The zero-order chi connectivity index (χ0) is 9.35. The van der Waals surface area contributed by atoms with E-state index in [-0.39, 0.29) is 5.88 Å². The van der Waals surface area contributed by atoms with Gasteiger partial charge in [-0.1, -0.05) is 0 Å². The van der Waals surface area contributed by atoms with Crippen LogP contribution in [-0.4, -0.2) is 57.0 Å². The molecule has 0 bridgehead atoms. The maximum Gasteiger partial charge on any atom is 0.209 e. The summed E-state index contributed by atoms with van der Waals surface area (Å²) in [6, 6.07) is 0. The van der Waals surface area contributed by atoms with Crippen LogP contribution in [-0.2, 0) is 4.74 Å². The molecule has 0 unspecified atom stereocenters. The van der Waals surface area contributed by atoms with Crippen molar-refractivity contribution in [3.63, 3.8) is 0 Å². The fourth-order valence-electron chi connectivity index (χ4n) is 1.13. The highest BCUT2D eigenvalue weighted by Gasteiger charge is 2.52. The van der Waals surface area contributed by atoms with Crippen LogP contribution in [0.5, 0.6) is 0 Å². The van der Waals surface area contributed by atoms with E-state index in [0.717, 1.165) is 0 Å². The highest BCUT2D eigenvalue weighted by molar-refractivity contribution is 6.18. The maximum atomic E-state index is 9.37. The average Bonchev–Trinajstić information content (AvgIpc) is 2.31. The number of alkyl halides is 1. The third-order valence-corrected chi connectivity index (χ3v) is 2.28. The second kappa shape index (κ2) is 3.45. The summed E-state index contributed by atoms with van der Waals surface area (Å²) in [4.78, 5) is 0. The van der Waals surface area contributed by atoms with Crippen molar-refractivity contribution < 1.29 is 25.2 Å². The first-order valence-electron chi connectivity index (χ1n) is 3.48. The van der Waals surface area contributed by atoms with E-state index < -0.39 is 30.7 Å². The molecule has 1 rings (SSSR count). The molecule has 0 aromatic rings. The molecule has 4 N–H and O–H groups in total. The Balaban J connectivity index is 2.72. The molecule has 0 radical (unpaired) electrons. The number of ether oxygens (including phenoxy) is 1. The minimum atomic E-state index is -1.95. The molecule has 1 aliphatic heterocycles. The number of aliphatic hydroxyl groups excluding tert-OH is 3. The Morgan fingerprint density at radius 1 is 1.42 bits per heavy atom. The van der Waals surface area contributed by atoms with Crippen molar-refractivity contribution in [1.29, 1.82) is 0 Å². The molecule has 1 saturated heterocycles. The Morgan fingerprint density at radius 2 is 2.00 bits per heavy atom. The van der Waals surface area contributed by atoms with E-state index in [0.29, 0.717) is 0 Å². The van der Waals surface area contributed by atoms with Crippen LogP contribution in [0.4, 0.5) is 0 Å². The molecule has 0 spiro atoms. The highest BCUT2D eigenvalue weighted by Crippen LogP contribution is 2.29. The Labute approximate surface area is 74.2 Å². The standard InChI is InChI=1S/C6H11ClO5/c7-2-6(11)5(10)4(9)3(1-8)12-6/h3-5,8-11H,1-2H2/t3-,4-,5+,6-/m1/s1. The van der Waals surface area contributed by atoms with E-state index in [4.69, 9.17) is 21.4 Å². The predicted octanol–water partition coefficient (Wildman–Crippen LogP) is -1.97. The van der Waals surface area contributed by atoms with Gasteiger partial charge in [0.25, 0.3) is 0 Å². The predicted molar refractivity (Wildman–Crippen MR) is 39.6 cm³/mol. The van der Waals surface area contributed by atoms with Gasteiger partial charge in [-0.25, -0.2) is 0 Å². The first-order valence-corrected chi connectivity index (χ1v) is 4.01. The van der Waals surface area contributed by atoms with Gasteiger partial charge in [0.2, 0.25) is 5.79 Å². The SMILES string of the molecule is OC[C@H]1O[C@](O)(CCl)[C@@H](O)[C@@H]1O. The van der Waals surface area contributed by atoms with Crippen LogP contribution in [0.1, 0.15) is 0 Å². The van der Waals surface area contributed by atoms with Gasteiger partial charge in [0.05, 0.1) is 12.5 Å². The van der Waals surface area contributed by atoms with Crippen molar-refractivity contribution in [2.75, 3.05) is 12.5 Å². The summed E-state index contributed by atoms with van der Waals surface area (Å²) in [6.45, 7) is -0.475. The van der Waals surface area contributed by atoms with Crippen molar-refractivity contribution in [1.82, 2.24) is 0 Å². The van der Waals surface area contributed by atoms with Crippen LogP contribution in [0, 0.1) is 0 Å². The molecule has 1 heterocycles. The Kier molecular flexibility index (Phi) is 2.92. The Hall–Kier alpha value is 0.0900. The first-order chi connectivity index (χ1) is 5.55.